The topological polar surface area (TPSA) is 134 Å². The third-order valence-electron chi connectivity index (χ3n) is 4.55. The van der Waals surface area contributed by atoms with Crippen molar-refractivity contribution in [3.05, 3.63) is 64.2 Å². The van der Waals surface area contributed by atoms with E-state index < -0.39 is 16.9 Å². The number of esters is 1. The Morgan fingerprint density at radius 2 is 1.69 bits per heavy atom. The van der Waals surface area contributed by atoms with Crippen LogP contribution in [0.2, 0.25) is 0 Å². The molecule has 9 heteroatoms. The van der Waals surface area contributed by atoms with Crippen LogP contribution in [0.1, 0.15) is 32.3 Å². The molecule has 0 fully saturated rings. The third kappa shape index (κ3) is 8.73. The van der Waals surface area contributed by atoms with Crippen LogP contribution in [0, 0.1) is 16.0 Å². The number of nitrogens with two attached hydrogens (primary N) is 1. The van der Waals surface area contributed by atoms with Gasteiger partial charge in [0.05, 0.1) is 24.0 Å². The average Bonchev–Trinajstić information content (AvgIpc) is 2.74. The fourth-order valence-corrected chi connectivity index (χ4v) is 2.90. The Morgan fingerprint density at radius 3 is 2.28 bits per heavy atom. The smallest absolute Gasteiger partial charge is 0.314 e. The van der Waals surface area contributed by atoms with Gasteiger partial charge in [0, 0.05) is 18.7 Å². The molecule has 32 heavy (non-hydrogen) atoms. The molecule has 1 amide bonds. The quantitative estimate of drug-likeness (QED) is 0.223. The minimum atomic E-state index is -0.524. The molecule has 0 heterocycles. The highest BCUT2D eigenvalue weighted by Gasteiger charge is 2.14. The monoisotopic (exact) mass is 443 g/mol. The summed E-state index contributed by atoms with van der Waals surface area (Å²) in [6.07, 6.45) is 1.35. The Hall–Kier alpha value is -3.46. The SMILES string of the molecule is CC(C)CC(N)C(=O)NCCc1ccc(OCCC(=O)Oc2ccc([N+](=O)[O-])cc2)cc1. The van der Waals surface area contributed by atoms with Crippen LogP contribution in [0.15, 0.2) is 48.5 Å². The van der Waals surface area contributed by atoms with Gasteiger partial charge < -0.3 is 20.5 Å². The second-order valence-electron chi connectivity index (χ2n) is 7.74. The van der Waals surface area contributed by atoms with Crippen LogP contribution in [0.25, 0.3) is 0 Å². The number of non-ortho nitro benzene ring substituents is 1. The minimum absolute atomic E-state index is 0.0292. The van der Waals surface area contributed by atoms with Gasteiger partial charge in [0.25, 0.3) is 5.69 Å². The van der Waals surface area contributed by atoms with Crippen molar-refractivity contribution in [3.8, 4) is 11.5 Å². The first-order valence-electron chi connectivity index (χ1n) is 10.4. The van der Waals surface area contributed by atoms with Crippen molar-refractivity contribution < 1.29 is 24.0 Å². The van der Waals surface area contributed by atoms with Crippen molar-refractivity contribution in [2.75, 3.05) is 13.2 Å². The first-order chi connectivity index (χ1) is 15.2. The lowest BCUT2D eigenvalue weighted by Crippen LogP contribution is -2.42. The second kappa shape index (κ2) is 12.4. The van der Waals surface area contributed by atoms with E-state index in [0.717, 1.165) is 5.56 Å². The van der Waals surface area contributed by atoms with E-state index in [0.29, 0.717) is 31.1 Å². The molecule has 0 saturated heterocycles. The summed E-state index contributed by atoms with van der Waals surface area (Å²) in [6.45, 7) is 4.69. The Kier molecular flexibility index (Phi) is 9.62. The van der Waals surface area contributed by atoms with Crippen LogP contribution in [-0.4, -0.2) is 36.0 Å². The maximum atomic E-state index is 11.9. The van der Waals surface area contributed by atoms with Gasteiger partial charge in [-0.2, -0.15) is 0 Å². The van der Waals surface area contributed by atoms with Crippen LogP contribution in [0.4, 0.5) is 5.69 Å². The fourth-order valence-electron chi connectivity index (χ4n) is 2.90. The number of nitrogens with one attached hydrogen (secondary N) is 1. The summed E-state index contributed by atoms with van der Waals surface area (Å²) in [5.74, 6) is 0.579. The van der Waals surface area contributed by atoms with E-state index in [1.54, 1.807) is 12.1 Å². The van der Waals surface area contributed by atoms with Crippen molar-refractivity contribution in [1.82, 2.24) is 5.32 Å². The number of hydrogen-bond donors (Lipinski definition) is 2. The van der Waals surface area contributed by atoms with Gasteiger partial charge in [-0.05, 0) is 48.6 Å². The summed E-state index contributed by atoms with van der Waals surface area (Å²) in [4.78, 5) is 33.9. The van der Waals surface area contributed by atoms with Crippen LogP contribution < -0.4 is 20.5 Å². The number of carbonyl (C=O) groups is 2. The number of carbonyl (C=O) groups excluding carboxylic acids is 2. The lowest BCUT2D eigenvalue weighted by molar-refractivity contribution is -0.384. The molecule has 0 aliphatic carbocycles. The molecular formula is C23H29N3O6. The Bertz CT molecular complexity index is 897. The van der Waals surface area contributed by atoms with E-state index in [-0.39, 0.29) is 30.4 Å². The standard InChI is InChI=1S/C23H29N3O6/c1-16(2)15-21(24)23(28)25-13-11-17-3-7-19(8-4-17)31-14-12-22(27)32-20-9-5-18(6-10-20)26(29)30/h3-10,16,21H,11-15,24H2,1-2H3,(H,25,28). The van der Waals surface area contributed by atoms with Gasteiger partial charge in [-0.1, -0.05) is 26.0 Å². The summed E-state index contributed by atoms with van der Waals surface area (Å²) in [6, 6.07) is 12.2. The molecule has 0 bridgehead atoms. The van der Waals surface area contributed by atoms with Gasteiger partial charge >= 0.3 is 5.97 Å². The average molecular weight is 444 g/mol. The van der Waals surface area contributed by atoms with Crippen LogP contribution in [0.5, 0.6) is 11.5 Å². The largest absolute Gasteiger partial charge is 0.493 e. The second-order valence-corrected chi connectivity index (χ2v) is 7.74. The summed E-state index contributed by atoms with van der Waals surface area (Å²) < 4.78 is 10.7. The van der Waals surface area contributed by atoms with E-state index in [2.05, 4.69) is 5.32 Å². The first kappa shape index (κ1) is 24.8. The lowest BCUT2D eigenvalue weighted by atomic mass is 10.0. The van der Waals surface area contributed by atoms with Gasteiger partial charge in [-0.15, -0.1) is 0 Å². The zero-order valence-corrected chi connectivity index (χ0v) is 18.3. The number of rotatable bonds is 12. The highest BCUT2D eigenvalue weighted by atomic mass is 16.6. The molecule has 1 atom stereocenters. The van der Waals surface area contributed by atoms with Gasteiger partial charge in [0.2, 0.25) is 5.91 Å². The van der Waals surface area contributed by atoms with Crippen LogP contribution in [-0.2, 0) is 16.0 Å². The molecule has 0 aliphatic rings. The highest BCUT2D eigenvalue weighted by molar-refractivity contribution is 5.81. The number of nitrogens with zero attached hydrogens (tertiary/aromatic N) is 1. The number of amides is 1. The third-order valence-corrected chi connectivity index (χ3v) is 4.55. The highest BCUT2D eigenvalue weighted by Crippen LogP contribution is 2.18. The van der Waals surface area contributed by atoms with Gasteiger partial charge in [-0.25, -0.2) is 0 Å². The van der Waals surface area contributed by atoms with E-state index in [1.165, 1.54) is 24.3 Å². The van der Waals surface area contributed by atoms with Gasteiger partial charge in [0.1, 0.15) is 11.5 Å². The number of nitro benzene ring substituents is 1. The zero-order chi connectivity index (χ0) is 23.5. The van der Waals surface area contributed by atoms with Crippen molar-refractivity contribution in [2.45, 2.75) is 39.2 Å². The molecule has 3 N–H and O–H groups in total. The van der Waals surface area contributed by atoms with Crippen LogP contribution >= 0.6 is 0 Å². The maximum absolute atomic E-state index is 11.9. The van der Waals surface area contributed by atoms with E-state index in [1.807, 2.05) is 26.0 Å². The Labute approximate surface area is 187 Å². The summed E-state index contributed by atoms with van der Waals surface area (Å²) in [5, 5.41) is 13.5. The van der Waals surface area contributed by atoms with Crippen molar-refractivity contribution >= 4 is 17.6 Å². The molecule has 172 valence electrons. The first-order valence-corrected chi connectivity index (χ1v) is 10.4. The molecule has 0 radical (unpaired) electrons. The molecule has 2 rings (SSSR count). The van der Waals surface area contributed by atoms with Crippen LogP contribution in [0.3, 0.4) is 0 Å². The predicted molar refractivity (Wildman–Crippen MR) is 119 cm³/mol. The molecule has 0 saturated carbocycles. The summed E-state index contributed by atoms with van der Waals surface area (Å²) in [5.41, 5.74) is 6.82. The van der Waals surface area contributed by atoms with E-state index in [9.17, 15) is 19.7 Å². The molecule has 2 aromatic carbocycles. The van der Waals surface area contributed by atoms with Gasteiger partial charge in [-0.3, -0.25) is 19.7 Å². The number of hydrogen-bond acceptors (Lipinski definition) is 7. The maximum Gasteiger partial charge on any atom is 0.314 e. The molecule has 0 aliphatic heterocycles. The predicted octanol–water partition coefficient (Wildman–Crippen LogP) is 3.00. The summed E-state index contributed by atoms with van der Waals surface area (Å²) in [7, 11) is 0. The molecule has 2 aromatic rings. The Balaban J connectivity index is 1.67. The molecule has 0 aromatic heterocycles. The lowest BCUT2D eigenvalue weighted by Gasteiger charge is -2.14. The molecule has 0 spiro atoms. The Morgan fingerprint density at radius 1 is 1.06 bits per heavy atom. The summed E-state index contributed by atoms with van der Waals surface area (Å²) >= 11 is 0. The van der Waals surface area contributed by atoms with E-state index >= 15 is 0 Å². The number of nitro groups is 1. The van der Waals surface area contributed by atoms with Crippen molar-refractivity contribution in [3.63, 3.8) is 0 Å². The minimum Gasteiger partial charge on any atom is -0.493 e. The number of benzene rings is 2. The van der Waals surface area contributed by atoms with Gasteiger partial charge in [0.15, 0.2) is 0 Å². The number of ether oxygens (including phenoxy) is 2. The van der Waals surface area contributed by atoms with E-state index in [4.69, 9.17) is 15.2 Å². The zero-order valence-electron chi connectivity index (χ0n) is 18.3. The normalized spacial score (nSPS) is 11.6. The molecule has 1 unspecified atom stereocenters. The van der Waals surface area contributed by atoms with Crippen molar-refractivity contribution in [2.24, 2.45) is 11.7 Å². The fraction of sp³-hybridized carbons (Fsp3) is 0.391. The molecular weight excluding hydrogens is 414 g/mol. The van der Waals surface area contributed by atoms with Crippen molar-refractivity contribution in [1.29, 1.82) is 0 Å². The molecule has 9 nitrogen and oxygen atoms in total.